The number of carbonyl (C=O) groups excluding carboxylic acids is 3. The molecule has 1 aromatic carbocycles. The van der Waals surface area contributed by atoms with Crippen molar-refractivity contribution in [1.82, 2.24) is 15.8 Å². The number of benzene rings is 1. The molecule has 2 aliphatic rings. The Bertz CT molecular complexity index is 627. The Morgan fingerprint density at radius 1 is 1.13 bits per heavy atom. The molecule has 2 heterocycles. The molecule has 0 radical (unpaired) electrons. The lowest BCUT2D eigenvalue weighted by molar-refractivity contribution is -0.138. The number of hydrogen-bond donors (Lipinski definition) is 2. The van der Waals surface area contributed by atoms with Crippen LogP contribution in [0.3, 0.4) is 0 Å². The molecule has 0 atom stereocenters. The van der Waals surface area contributed by atoms with Crippen LogP contribution in [-0.4, -0.2) is 48.8 Å². The number of halogens is 1. The molecule has 2 N–H and O–H groups in total. The van der Waals surface area contributed by atoms with Crippen molar-refractivity contribution in [2.75, 3.05) is 31.1 Å². The molecular weight excluding hydrogens is 320 g/mol. The van der Waals surface area contributed by atoms with Crippen LogP contribution in [0.2, 0.25) is 5.02 Å². The first-order valence-electron chi connectivity index (χ1n) is 7.42. The number of amides is 3. The van der Waals surface area contributed by atoms with E-state index in [4.69, 9.17) is 11.6 Å². The maximum atomic E-state index is 12.3. The van der Waals surface area contributed by atoms with Gasteiger partial charge in [0.15, 0.2) is 0 Å². The van der Waals surface area contributed by atoms with Crippen molar-refractivity contribution in [2.45, 2.75) is 6.42 Å². The zero-order valence-corrected chi connectivity index (χ0v) is 13.2. The highest BCUT2D eigenvalue weighted by molar-refractivity contribution is 6.30. The van der Waals surface area contributed by atoms with Crippen molar-refractivity contribution in [3.63, 3.8) is 0 Å². The molecule has 0 aromatic heterocycles. The molecule has 8 heteroatoms. The lowest BCUT2D eigenvalue weighted by Crippen LogP contribution is -2.49. The standard InChI is InChI=1S/C15H17ClN4O3/c16-10-2-1-3-11(8-10)19-4-6-20(7-5-19)13(21)9-12-14(22)17-18-15(12)23/h1-3,8,12H,4-7,9H2,(H,17,22)(H,18,23). The van der Waals surface area contributed by atoms with E-state index in [9.17, 15) is 14.4 Å². The van der Waals surface area contributed by atoms with Crippen LogP contribution in [0.1, 0.15) is 6.42 Å². The van der Waals surface area contributed by atoms with Gasteiger partial charge in [-0.1, -0.05) is 17.7 Å². The van der Waals surface area contributed by atoms with Gasteiger partial charge in [0.25, 0.3) is 11.8 Å². The SMILES string of the molecule is O=C1NNC(=O)C1CC(=O)N1CCN(c2cccc(Cl)c2)CC1. The smallest absolute Gasteiger partial charge is 0.251 e. The van der Waals surface area contributed by atoms with Crippen molar-refractivity contribution in [3.05, 3.63) is 29.3 Å². The number of hydrogen-bond acceptors (Lipinski definition) is 4. The summed E-state index contributed by atoms with van der Waals surface area (Å²) in [6.45, 7) is 2.49. The summed E-state index contributed by atoms with van der Waals surface area (Å²) in [6, 6.07) is 7.60. The maximum Gasteiger partial charge on any atom is 0.251 e. The molecule has 23 heavy (non-hydrogen) atoms. The van der Waals surface area contributed by atoms with Crippen molar-refractivity contribution in [3.8, 4) is 0 Å². The summed E-state index contributed by atoms with van der Waals surface area (Å²) in [4.78, 5) is 39.1. The number of anilines is 1. The van der Waals surface area contributed by atoms with Gasteiger partial charge in [0.05, 0.1) is 0 Å². The Balaban J connectivity index is 1.55. The Kier molecular flexibility index (Phi) is 4.38. The van der Waals surface area contributed by atoms with Crippen LogP contribution in [0.15, 0.2) is 24.3 Å². The summed E-state index contributed by atoms with van der Waals surface area (Å²) in [5.74, 6) is -1.98. The van der Waals surface area contributed by atoms with E-state index in [1.165, 1.54) is 0 Å². The average Bonchev–Trinajstić information content (AvgIpc) is 2.87. The van der Waals surface area contributed by atoms with E-state index in [1.807, 2.05) is 24.3 Å². The number of nitrogens with one attached hydrogen (secondary N) is 2. The van der Waals surface area contributed by atoms with Gasteiger partial charge in [-0.25, -0.2) is 0 Å². The molecule has 0 saturated carbocycles. The molecule has 0 spiro atoms. The van der Waals surface area contributed by atoms with Gasteiger partial charge in [0.2, 0.25) is 5.91 Å². The Morgan fingerprint density at radius 2 is 1.78 bits per heavy atom. The first-order valence-corrected chi connectivity index (χ1v) is 7.80. The van der Waals surface area contributed by atoms with Gasteiger partial charge in [-0.05, 0) is 18.2 Å². The van der Waals surface area contributed by atoms with E-state index in [-0.39, 0.29) is 12.3 Å². The molecule has 0 aliphatic carbocycles. The predicted molar refractivity (Wildman–Crippen MR) is 84.6 cm³/mol. The van der Waals surface area contributed by atoms with Gasteiger partial charge in [0.1, 0.15) is 5.92 Å². The minimum Gasteiger partial charge on any atom is -0.368 e. The zero-order chi connectivity index (χ0) is 16.4. The number of nitrogens with zero attached hydrogens (tertiary/aromatic N) is 2. The second kappa shape index (κ2) is 6.45. The first-order chi connectivity index (χ1) is 11.0. The van der Waals surface area contributed by atoms with Crippen LogP contribution in [-0.2, 0) is 14.4 Å². The summed E-state index contributed by atoms with van der Waals surface area (Å²) in [6.07, 6.45) is -0.0885. The molecular formula is C15H17ClN4O3. The van der Waals surface area contributed by atoms with Crippen molar-refractivity contribution in [2.24, 2.45) is 5.92 Å². The van der Waals surface area contributed by atoms with Crippen LogP contribution in [0, 0.1) is 5.92 Å². The third kappa shape index (κ3) is 3.39. The Labute approximate surface area is 138 Å². The van der Waals surface area contributed by atoms with Crippen LogP contribution in [0.5, 0.6) is 0 Å². The van der Waals surface area contributed by atoms with Gasteiger partial charge in [-0.3, -0.25) is 25.2 Å². The number of rotatable bonds is 3. The lowest BCUT2D eigenvalue weighted by atomic mass is 10.0. The van der Waals surface area contributed by atoms with Crippen molar-refractivity contribution in [1.29, 1.82) is 0 Å². The molecule has 2 fully saturated rings. The van der Waals surface area contributed by atoms with E-state index >= 15 is 0 Å². The van der Waals surface area contributed by atoms with Crippen LogP contribution in [0.4, 0.5) is 5.69 Å². The quantitative estimate of drug-likeness (QED) is 0.770. The fraction of sp³-hybridized carbons (Fsp3) is 0.400. The second-order valence-corrected chi connectivity index (χ2v) is 6.02. The Morgan fingerprint density at radius 3 is 2.39 bits per heavy atom. The highest BCUT2D eigenvalue weighted by Crippen LogP contribution is 2.21. The molecule has 7 nitrogen and oxygen atoms in total. The minimum absolute atomic E-state index is 0.0885. The van der Waals surface area contributed by atoms with E-state index in [1.54, 1.807) is 4.90 Å². The second-order valence-electron chi connectivity index (χ2n) is 5.58. The fourth-order valence-electron chi connectivity index (χ4n) is 2.79. The first kappa shape index (κ1) is 15.6. The topological polar surface area (TPSA) is 81.8 Å². The molecule has 3 amide bonds. The van der Waals surface area contributed by atoms with Gasteiger partial charge >= 0.3 is 0 Å². The zero-order valence-electron chi connectivity index (χ0n) is 12.4. The average molecular weight is 337 g/mol. The highest BCUT2D eigenvalue weighted by atomic mass is 35.5. The molecule has 3 rings (SSSR count). The largest absolute Gasteiger partial charge is 0.368 e. The van der Waals surface area contributed by atoms with Gasteiger partial charge < -0.3 is 9.80 Å². The normalized spacial score (nSPS) is 18.8. The minimum atomic E-state index is -0.923. The molecule has 0 unspecified atom stereocenters. The van der Waals surface area contributed by atoms with Gasteiger partial charge in [-0.2, -0.15) is 0 Å². The van der Waals surface area contributed by atoms with Crippen LogP contribution in [0.25, 0.3) is 0 Å². The van der Waals surface area contributed by atoms with Crippen LogP contribution < -0.4 is 15.8 Å². The number of hydrazine groups is 1. The highest BCUT2D eigenvalue weighted by Gasteiger charge is 2.36. The molecule has 0 bridgehead atoms. The molecule has 2 aliphatic heterocycles. The summed E-state index contributed by atoms with van der Waals surface area (Å²) >= 11 is 6.00. The summed E-state index contributed by atoms with van der Waals surface area (Å²) in [7, 11) is 0. The molecule has 122 valence electrons. The molecule has 2 saturated heterocycles. The third-order valence-corrected chi connectivity index (χ3v) is 4.36. The van der Waals surface area contributed by atoms with E-state index in [2.05, 4.69) is 15.8 Å². The predicted octanol–water partition coefficient (Wildman–Crippen LogP) is 0.156. The van der Waals surface area contributed by atoms with E-state index in [0.29, 0.717) is 31.2 Å². The number of carbonyl (C=O) groups is 3. The summed E-state index contributed by atoms with van der Waals surface area (Å²) in [5.41, 5.74) is 5.49. The maximum absolute atomic E-state index is 12.3. The monoisotopic (exact) mass is 336 g/mol. The van der Waals surface area contributed by atoms with Crippen molar-refractivity contribution >= 4 is 35.0 Å². The Hall–Kier alpha value is -2.28. The van der Waals surface area contributed by atoms with E-state index in [0.717, 1.165) is 5.69 Å². The number of piperazine rings is 1. The fourth-order valence-corrected chi connectivity index (χ4v) is 2.98. The van der Waals surface area contributed by atoms with Gasteiger partial charge in [-0.15, -0.1) is 0 Å². The summed E-state index contributed by atoms with van der Waals surface area (Å²) < 4.78 is 0. The van der Waals surface area contributed by atoms with E-state index < -0.39 is 17.7 Å². The van der Waals surface area contributed by atoms with Gasteiger partial charge in [0, 0.05) is 43.3 Å². The third-order valence-electron chi connectivity index (χ3n) is 4.13. The molecule has 1 aromatic rings. The lowest BCUT2D eigenvalue weighted by Gasteiger charge is -2.36. The van der Waals surface area contributed by atoms with Crippen LogP contribution >= 0.6 is 11.6 Å². The van der Waals surface area contributed by atoms with Crippen molar-refractivity contribution < 1.29 is 14.4 Å². The summed E-state index contributed by atoms with van der Waals surface area (Å²) in [5, 5.41) is 0.680.